The van der Waals surface area contributed by atoms with E-state index in [1.54, 1.807) is 24.3 Å². The van der Waals surface area contributed by atoms with Crippen LogP contribution in [0.5, 0.6) is 17.2 Å². The molecule has 0 atom stereocenters. The first-order chi connectivity index (χ1) is 18.6. The van der Waals surface area contributed by atoms with E-state index in [0.717, 1.165) is 37.8 Å². The Bertz CT molecular complexity index is 1140. The number of halogens is 3. The van der Waals surface area contributed by atoms with Gasteiger partial charge in [-0.2, -0.15) is 13.2 Å². The topological polar surface area (TPSA) is 97.4 Å². The monoisotopic (exact) mass is 550 g/mol. The van der Waals surface area contributed by atoms with Gasteiger partial charge in [0, 0.05) is 12.2 Å². The third kappa shape index (κ3) is 12.2. The van der Waals surface area contributed by atoms with Crippen LogP contribution in [0.15, 0.2) is 61.2 Å². The third-order valence-corrected chi connectivity index (χ3v) is 4.99. The molecule has 0 aliphatic rings. The minimum atomic E-state index is -4.61. The van der Waals surface area contributed by atoms with Crippen molar-refractivity contribution in [2.24, 2.45) is 0 Å². The molecule has 2 aromatic rings. The predicted octanol–water partition coefficient (Wildman–Crippen LogP) is 5.70. The van der Waals surface area contributed by atoms with Crippen LogP contribution in [0, 0.1) is 0 Å². The number of unbranched alkanes of at least 4 members (excludes halogenated alkanes) is 3. The Labute approximate surface area is 223 Å². The first-order valence-corrected chi connectivity index (χ1v) is 11.9. The van der Waals surface area contributed by atoms with Crippen molar-refractivity contribution in [3.05, 3.63) is 72.3 Å². The van der Waals surface area contributed by atoms with E-state index in [1.165, 1.54) is 31.4 Å². The molecule has 0 saturated carbocycles. The second kappa shape index (κ2) is 15.9. The Morgan fingerprint density at radius 1 is 0.872 bits per heavy atom. The van der Waals surface area contributed by atoms with Crippen LogP contribution >= 0.6 is 0 Å². The molecule has 0 amide bonds. The van der Waals surface area contributed by atoms with Crippen LogP contribution in [0.2, 0.25) is 0 Å². The number of carbonyl (C=O) groups is 3. The molecule has 0 heterocycles. The largest absolute Gasteiger partial charge is 0.494 e. The highest BCUT2D eigenvalue weighted by molar-refractivity contribution is 5.91. The van der Waals surface area contributed by atoms with Gasteiger partial charge in [0.1, 0.15) is 5.75 Å². The minimum Gasteiger partial charge on any atom is -0.494 e. The van der Waals surface area contributed by atoms with Crippen molar-refractivity contribution in [1.82, 2.24) is 0 Å². The highest BCUT2D eigenvalue weighted by atomic mass is 19.4. The molecule has 2 aromatic carbocycles. The van der Waals surface area contributed by atoms with Gasteiger partial charge in [0.25, 0.3) is 0 Å². The maximum absolute atomic E-state index is 12.6. The van der Waals surface area contributed by atoms with E-state index in [4.69, 9.17) is 18.9 Å². The number of hydrogen-bond acceptors (Lipinski definition) is 8. The molecule has 0 unspecified atom stereocenters. The zero-order valence-corrected chi connectivity index (χ0v) is 21.3. The van der Waals surface area contributed by atoms with Gasteiger partial charge in [-0.1, -0.05) is 12.6 Å². The van der Waals surface area contributed by atoms with Gasteiger partial charge in [-0.25, -0.2) is 14.4 Å². The number of esters is 3. The lowest BCUT2D eigenvalue weighted by atomic mass is 10.2. The molecule has 39 heavy (non-hydrogen) atoms. The summed E-state index contributed by atoms with van der Waals surface area (Å²) in [6.45, 7) is 2.51. The van der Waals surface area contributed by atoms with E-state index < -0.39 is 30.7 Å². The molecule has 0 aliphatic carbocycles. The SMILES string of the molecule is C=CC(=O)OCCCCCCOc1ccc(C(=O)Oc2ccc(/C=C/C(=O)OCC(F)(F)F)cc2OC)cc1. The summed E-state index contributed by atoms with van der Waals surface area (Å²) in [7, 11) is 1.35. The maximum Gasteiger partial charge on any atom is 0.422 e. The summed E-state index contributed by atoms with van der Waals surface area (Å²) >= 11 is 0. The normalized spacial score (nSPS) is 11.1. The Balaban J connectivity index is 1.81. The molecule has 0 radical (unpaired) electrons. The van der Waals surface area contributed by atoms with Crippen LogP contribution in [0.3, 0.4) is 0 Å². The lowest BCUT2D eigenvalue weighted by molar-refractivity contribution is -0.182. The second-order valence-electron chi connectivity index (χ2n) is 8.01. The van der Waals surface area contributed by atoms with Crippen molar-refractivity contribution < 1.29 is 51.2 Å². The summed E-state index contributed by atoms with van der Waals surface area (Å²) in [6, 6.07) is 10.8. The fourth-order valence-electron chi connectivity index (χ4n) is 3.06. The summed E-state index contributed by atoms with van der Waals surface area (Å²) < 4.78 is 61.7. The molecule has 210 valence electrons. The van der Waals surface area contributed by atoms with Gasteiger partial charge in [-0.05, 0) is 73.7 Å². The quantitative estimate of drug-likeness (QED) is 0.121. The smallest absolute Gasteiger partial charge is 0.422 e. The fraction of sp³-hybridized carbons (Fsp3) is 0.321. The number of alkyl halides is 3. The van der Waals surface area contributed by atoms with Crippen molar-refractivity contribution in [2.45, 2.75) is 31.9 Å². The van der Waals surface area contributed by atoms with Crippen molar-refractivity contribution in [1.29, 1.82) is 0 Å². The summed E-state index contributed by atoms with van der Waals surface area (Å²) in [6.07, 6.45) is 2.00. The first kappa shape index (κ1) is 30.9. The highest BCUT2D eigenvalue weighted by Crippen LogP contribution is 2.29. The number of ether oxygens (including phenoxy) is 5. The first-order valence-electron chi connectivity index (χ1n) is 11.9. The Morgan fingerprint density at radius 3 is 2.21 bits per heavy atom. The molecule has 11 heteroatoms. The van der Waals surface area contributed by atoms with Crippen LogP contribution in [-0.4, -0.2) is 51.0 Å². The van der Waals surface area contributed by atoms with Crippen molar-refractivity contribution >= 4 is 24.0 Å². The number of hydrogen-bond donors (Lipinski definition) is 0. The Hall–Kier alpha value is -4.28. The fourth-order valence-corrected chi connectivity index (χ4v) is 3.06. The molecule has 2 rings (SSSR count). The zero-order chi connectivity index (χ0) is 28.7. The molecule has 8 nitrogen and oxygen atoms in total. The molecular weight excluding hydrogens is 521 g/mol. The van der Waals surface area contributed by atoms with Gasteiger partial charge in [0.15, 0.2) is 18.1 Å². The van der Waals surface area contributed by atoms with Gasteiger partial charge in [-0.3, -0.25) is 0 Å². The number of methoxy groups -OCH3 is 1. The zero-order valence-electron chi connectivity index (χ0n) is 21.3. The molecule has 0 aliphatic heterocycles. The van der Waals surface area contributed by atoms with Gasteiger partial charge in [0.2, 0.25) is 0 Å². The van der Waals surface area contributed by atoms with E-state index >= 15 is 0 Å². The van der Waals surface area contributed by atoms with Gasteiger partial charge < -0.3 is 23.7 Å². The number of benzene rings is 2. The van der Waals surface area contributed by atoms with Gasteiger partial charge in [-0.15, -0.1) is 0 Å². The van der Waals surface area contributed by atoms with Crippen LogP contribution < -0.4 is 14.2 Å². The molecule has 0 saturated heterocycles. The van der Waals surface area contributed by atoms with Gasteiger partial charge >= 0.3 is 24.1 Å². The third-order valence-electron chi connectivity index (χ3n) is 4.99. The number of carbonyl (C=O) groups excluding carboxylic acids is 3. The van der Waals surface area contributed by atoms with E-state index in [-0.39, 0.29) is 17.1 Å². The second-order valence-corrected chi connectivity index (χ2v) is 8.01. The minimum absolute atomic E-state index is 0.110. The lowest BCUT2D eigenvalue weighted by Crippen LogP contribution is -2.19. The average Bonchev–Trinajstić information content (AvgIpc) is 2.92. The van der Waals surface area contributed by atoms with Crippen LogP contribution in [0.4, 0.5) is 13.2 Å². The maximum atomic E-state index is 12.6. The predicted molar refractivity (Wildman–Crippen MR) is 136 cm³/mol. The Morgan fingerprint density at radius 2 is 1.56 bits per heavy atom. The summed E-state index contributed by atoms with van der Waals surface area (Å²) in [4.78, 5) is 34.9. The lowest BCUT2D eigenvalue weighted by Gasteiger charge is -2.11. The van der Waals surface area contributed by atoms with Crippen LogP contribution in [0.25, 0.3) is 6.08 Å². The molecule has 0 aromatic heterocycles. The van der Waals surface area contributed by atoms with Crippen molar-refractivity contribution in [2.75, 3.05) is 26.9 Å². The van der Waals surface area contributed by atoms with E-state index in [1.807, 2.05) is 0 Å². The number of rotatable bonds is 15. The van der Waals surface area contributed by atoms with Crippen LogP contribution in [-0.2, 0) is 19.1 Å². The van der Waals surface area contributed by atoms with Crippen LogP contribution in [0.1, 0.15) is 41.6 Å². The summed E-state index contributed by atoms with van der Waals surface area (Å²) in [5.74, 6) is -1.35. The molecule has 0 fully saturated rings. The molecular formula is C28H29F3O8. The van der Waals surface area contributed by atoms with E-state index in [0.29, 0.717) is 24.5 Å². The van der Waals surface area contributed by atoms with Gasteiger partial charge in [0.05, 0.1) is 25.9 Å². The molecule has 0 N–H and O–H groups in total. The summed E-state index contributed by atoms with van der Waals surface area (Å²) in [5.41, 5.74) is 0.683. The van der Waals surface area contributed by atoms with Crippen molar-refractivity contribution in [3.63, 3.8) is 0 Å². The average molecular weight is 551 g/mol. The highest BCUT2D eigenvalue weighted by Gasteiger charge is 2.29. The molecule has 0 bridgehead atoms. The molecule has 0 spiro atoms. The Kier molecular flexibility index (Phi) is 12.6. The summed E-state index contributed by atoms with van der Waals surface area (Å²) in [5, 5.41) is 0. The van der Waals surface area contributed by atoms with Crippen molar-refractivity contribution in [3.8, 4) is 17.2 Å². The van der Waals surface area contributed by atoms with E-state index in [9.17, 15) is 27.6 Å². The standard InChI is InChI=1S/C28H29F3O8/c1-3-25(32)37-17-7-5-4-6-16-36-22-12-10-21(11-13-22)27(34)39-23-14-8-20(18-24(23)35-2)9-15-26(33)38-19-28(29,30)31/h3,8-15,18H,1,4-7,16-17,19H2,2H3/b15-9+. The van der Waals surface area contributed by atoms with E-state index in [2.05, 4.69) is 11.3 Å².